The third-order valence-electron chi connectivity index (χ3n) is 4.77. The average Bonchev–Trinajstić information content (AvgIpc) is 2.46. The van der Waals surface area contributed by atoms with Crippen molar-refractivity contribution in [3.05, 3.63) is 0 Å². The summed E-state index contributed by atoms with van der Waals surface area (Å²) in [5.41, 5.74) is -0.317. The molecule has 0 spiro atoms. The van der Waals surface area contributed by atoms with Crippen molar-refractivity contribution >= 4 is 11.9 Å². The second-order valence-corrected chi connectivity index (χ2v) is 7.09. The highest BCUT2D eigenvalue weighted by Gasteiger charge is 2.37. The number of ether oxygens (including phenoxy) is 1. The van der Waals surface area contributed by atoms with Crippen molar-refractivity contribution in [3.63, 3.8) is 0 Å². The quantitative estimate of drug-likeness (QED) is 0.734. The Hall–Kier alpha value is -1.06. The Balaban J connectivity index is 2.32. The Labute approximate surface area is 129 Å². The summed E-state index contributed by atoms with van der Waals surface area (Å²) in [4.78, 5) is 23.3. The second kappa shape index (κ2) is 8.40. The largest absolute Gasteiger partial charge is 0.468 e. The van der Waals surface area contributed by atoms with Crippen molar-refractivity contribution in [1.29, 1.82) is 0 Å². The second-order valence-electron chi connectivity index (χ2n) is 7.09. The van der Waals surface area contributed by atoms with Gasteiger partial charge in [0, 0.05) is 5.41 Å². The predicted molar refractivity (Wildman–Crippen MR) is 83.8 cm³/mol. The van der Waals surface area contributed by atoms with E-state index in [9.17, 15) is 9.59 Å². The molecule has 1 aliphatic carbocycles. The van der Waals surface area contributed by atoms with Gasteiger partial charge in [0.05, 0.1) is 7.11 Å². The number of rotatable bonds is 7. The number of amides is 1. The van der Waals surface area contributed by atoms with Gasteiger partial charge in [-0.3, -0.25) is 9.59 Å². The van der Waals surface area contributed by atoms with Gasteiger partial charge in [0.1, 0.15) is 6.54 Å². The summed E-state index contributed by atoms with van der Waals surface area (Å²) >= 11 is 0. The normalized spacial score (nSPS) is 25.7. The van der Waals surface area contributed by atoms with Gasteiger partial charge >= 0.3 is 5.97 Å². The summed E-state index contributed by atoms with van der Waals surface area (Å²) in [6, 6.07) is 0. The van der Waals surface area contributed by atoms with E-state index in [-0.39, 0.29) is 17.9 Å². The lowest BCUT2D eigenvalue weighted by Crippen LogP contribution is -2.43. The summed E-state index contributed by atoms with van der Waals surface area (Å²) in [5.74, 6) is 1.15. The molecule has 0 aromatic rings. The molecule has 0 heterocycles. The third kappa shape index (κ3) is 6.06. The first kappa shape index (κ1) is 18.0. The highest BCUT2D eigenvalue weighted by atomic mass is 16.5. The fourth-order valence-electron chi connectivity index (χ4n) is 3.08. The van der Waals surface area contributed by atoms with Gasteiger partial charge in [0.25, 0.3) is 0 Å². The maximum absolute atomic E-state index is 12.2. The van der Waals surface area contributed by atoms with E-state index in [1.54, 1.807) is 0 Å². The van der Waals surface area contributed by atoms with Crippen molar-refractivity contribution in [2.75, 3.05) is 13.7 Å². The van der Waals surface area contributed by atoms with Crippen LogP contribution < -0.4 is 5.32 Å². The van der Waals surface area contributed by atoms with Crippen LogP contribution in [0.15, 0.2) is 0 Å². The molecule has 0 aromatic heterocycles. The standard InChI is InChI=1S/C17H31NO3/c1-13(2)6-5-7-14-8-10-17(3,11-9-14)16(20)18-12-15(19)21-4/h13-14H,5-12H2,1-4H3,(H,18,20)/t14-,17-. The Morgan fingerprint density at radius 2 is 1.90 bits per heavy atom. The molecule has 0 radical (unpaired) electrons. The monoisotopic (exact) mass is 297 g/mol. The van der Waals surface area contributed by atoms with Crippen molar-refractivity contribution in [3.8, 4) is 0 Å². The van der Waals surface area contributed by atoms with Crippen LogP contribution in [0.2, 0.25) is 0 Å². The van der Waals surface area contributed by atoms with Gasteiger partial charge in [-0.15, -0.1) is 0 Å². The van der Waals surface area contributed by atoms with E-state index >= 15 is 0 Å². The molecule has 4 heteroatoms. The van der Waals surface area contributed by atoms with Crippen LogP contribution >= 0.6 is 0 Å². The zero-order valence-corrected chi connectivity index (χ0v) is 14.0. The number of methoxy groups -OCH3 is 1. The fourth-order valence-corrected chi connectivity index (χ4v) is 3.08. The third-order valence-corrected chi connectivity index (χ3v) is 4.77. The Bertz CT molecular complexity index is 344. The summed E-state index contributed by atoms with van der Waals surface area (Å²) < 4.78 is 4.55. The van der Waals surface area contributed by atoms with Crippen LogP contribution in [0.1, 0.15) is 65.7 Å². The van der Waals surface area contributed by atoms with Gasteiger partial charge < -0.3 is 10.1 Å². The molecular weight excluding hydrogens is 266 g/mol. The van der Waals surface area contributed by atoms with Crippen molar-refractivity contribution in [2.45, 2.75) is 65.7 Å². The lowest BCUT2D eigenvalue weighted by molar-refractivity contribution is -0.143. The van der Waals surface area contributed by atoms with E-state index < -0.39 is 5.97 Å². The van der Waals surface area contributed by atoms with Crippen LogP contribution in [0.5, 0.6) is 0 Å². The number of carbonyl (C=O) groups excluding carboxylic acids is 2. The first-order chi connectivity index (χ1) is 9.87. The number of hydrogen-bond acceptors (Lipinski definition) is 3. The highest BCUT2D eigenvalue weighted by molar-refractivity contribution is 5.86. The number of esters is 1. The number of hydrogen-bond donors (Lipinski definition) is 1. The molecule has 1 amide bonds. The molecule has 1 fully saturated rings. The van der Waals surface area contributed by atoms with Crippen LogP contribution in [0, 0.1) is 17.3 Å². The molecule has 122 valence electrons. The lowest BCUT2D eigenvalue weighted by atomic mass is 9.70. The van der Waals surface area contributed by atoms with Gasteiger partial charge in [-0.25, -0.2) is 0 Å². The summed E-state index contributed by atoms with van der Waals surface area (Å²) in [5, 5.41) is 2.70. The van der Waals surface area contributed by atoms with E-state index in [2.05, 4.69) is 23.9 Å². The average molecular weight is 297 g/mol. The minimum atomic E-state index is -0.394. The lowest BCUT2D eigenvalue weighted by Gasteiger charge is -2.36. The van der Waals surface area contributed by atoms with Crippen molar-refractivity contribution in [2.24, 2.45) is 17.3 Å². The van der Waals surface area contributed by atoms with Crippen LogP contribution in [-0.2, 0) is 14.3 Å². The molecule has 4 nitrogen and oxygen atoms in total. The van der Waals surface area contributed by atoms with Gasteiger partial charge in [-0.05, 0) is 37.5 Å². The van der Waals surface area contributed by atoms with E-state index in [0.29, 0.717) is 0 Å². The molecule has 1 rings (SSSR count). The van der Waals surface area contributed by atoms with Gasteiger partial charge in [-0.2, -0.15) is 0 Å². The zero-order chi connectivity index (χ0) is 15.9. The van der Waals surface area contributed by atoms with Gasteiger partial charge in [-0.1, -0.05) is 40.0 Å². The van der Waals surface area contributed by atoms with Crippen LogP contribution in [0.25, 0.3) is 0 Å². The Kier molecular flexibility index (Phi) is 7.20. The highest BCUT2D eigenvalue weighted by Crippen LogP contribution is 2.40. The van der Waals surface area contributed by atoms with E-state index in [4.69, 9.17) is 0 Å². The maximum Gasteiger partial charge on any atom is 0.325 e. The fraction of sp³-hybridized carbons (Fsp3) is 0.882. The minimum absolute atomic E-state index is 0.00599. The molecule has 0 unspecified atom stereocenters. The molecule has 0 saturated heterocycles. The first-order valence-electron chi connectivity index (χ1n) is 8.22. The maximum atomic E-state index is 12.2. The smallest absolute Gasteiger partial charge is 0.325 e. The molecule has 21 heavy (non-hydrogen) atoms. The van der Waals surface area contributed by atoms with Gasteiger partial charge in [0.2, 0.25) is 5.91 Å². The van der Waals surface area contributed by atoms with Crippen molar-refractivity contribution in [1.82, 2.24) is 5.32 Å². The first-order valence-corrected chi connectivity index (χ1v) is 8.22. The summed E-state index contributed by atoms with van der Waals surface area (Å²) in [6.07, 6.45) is 7.98. The molecular formula is C17H31NO3. The number of carbonyl (C=O) groups is 2. The Morgan fingerprint density at radius 3 is 2.43 bits per heavy atom. The van der Waals surface area contributed by atoms with E-state index in [1.807, 2.05) is 6.92 Å². The Morgan fingerprint density at radius 1 is 1.29 bits per heavy atom. The predicted octanol–water partition coefficient (Wildman–Crippen LogP) is 3.30. The molecule has 0 bridgehead atoms. The van der Waals surface area contributed by atoms with E-state index in [1.165, 1.54) is 26.4 Å². The van der Waals surface area contributed by atoms with E-state index in [0.717, 1.165) is 37.5 Å². The summed E-state index contributed by atoms with van der Waals surface area (Å²) in [6.45, 7) is 6.53. The molecule has 0 atom stereocenters. The zero-order valence-electron chi connectivity index (χ0n) is 14.0. The molecule has 1 N–H and O–H groups in total. The molecule has 0 aromatic carbocycles. The van der Waals surface area contributed by atoms with Crippen molar-refractivity contribution < 1.29 is 14.3 Å². The van der Waals surface area contributed by atoms with Crippen LogP contribution in [-0.4, -0.2) is 25.5 Å². The van der Waals surface area contributed by atoms with Crippen LogP contribution in [0.4, 0.5) is 0 Å². The topological polar surface area (TPSA) is 55.4 Å². The minimum Gasteiger partial charge on any atom is -0.468 e. The number of nitrogens with one attached hydrogen (secondary N) is 1. The molecule has 0 aliphatic heterocycles. The molecule has 1 saturated carbocycles. The SMILES string of the molecule is COC(=O)CNC(=O)[C@]1(C)CC[C@@H](CCCC(C)C)CC1. The summed E-state index contributed by atoms with van der Waals surface area (Å²) in [7, 11) is 1.33. The van der Waals surface area contributed by atoms with Gasteiger partial charge in [0.15, 0.2) is 0 Å². The molecule has 1 aliphatic rings. The van der Waals surface area contributed by atoms with Crippen LogP contribution in [0.3, 0.4) is 0 Å².